The van der Waals surface area contributed by atoms with Crippen molar-refractivity contribution in [2.45, 2.75) is 6.17 Å². The molecular weight excluding hydrogens is 233 g/mol. The number of aromatic nitrogens is 3. The van der Waals surface area contributed by atoms with Crippen LogP contribution in [0.4, 0.5) is 4.39 Å². The van der Waals surface area contributed by atoms with Crippen LogP contribution >= 0.6 is 15.9 Å². The van der Waals surface area contributed by atoms with Gasteiger partial charge in [-0.3, -0.25) is 0 Å². The largest absolute Gasteiger partial charge is 0.479 e. The lowest BCUT2D eigenvalue weighted by molar-refractivity contribution is -0.143. The van der Waals surface area contributed by atoms with Gasteiger partial charge in [-0.25, -0.2) is 13.9 Å². The van der Waals surface area contributed by atoms with Crippen molar-refractivity contribution in [3.8, 4) is 0 Å². The molecule has 0 amide bonds. The summed E-state index contributed by atoms with van der Waals surface area (Å²) < 4.78 is 14.1. The molecule has 1 atom stereocenters. The Hall–Kier alpha value is -0.980. The molecule has 0 saturated carbocycles. The van der Waals surface area contributed by atoms with Crippen LogP contribution in [0.3, 0.4) is 0 Å². The maximum atomic E-state index is 12.9. The van der Waals surface area contributed by atoms with E-state index in [2.05, 4.69) is 26.2 Å². The predicted molar refractivity (Wildman–Crippen MR) is 40.2 cm³/mol. The molecule has 1 aromatic rings. The molecule has 0 aromatic carbocycles. The van der Waals surface area contributed by atoms with E-state index < -0.39 is 12.1 Å². The summed E-state index contributed by atoms with van der Waals surface area (Å²) in [6.45, 7) is 0. The predicted octanol–water partition coefficient (Wildman–Crippen LogP) is 0.673. The number of halogens is 2. The molecule has 66 valence electrons. The third kappa shape index (κ3) is 1.45. The van der Waals surface area contributed by atoms with Crippen LogP contribution in [0.15, 0.2) is 4.60 Å². The summed E-state index contributed by atoms with van der Waals surface area (Å²) >= 11 is 2.89. The summed E-state index contributed by atoms with van der Waals surface area (Å²) in [6, 6.07) is 0. The van der Waals surface area contributed by atoms with E-state index in [0.717, 1.165) is 4.68 Å². The van der Waals surface area contributed by atoms with Crippen LogP contribution < -0.4 is 0 Å². The highest BCUT2D eigenvalue weighted by molar-refractivity contribution is 9.10. The summed E-state index contributed by atoms with van der Waals surface area (Å²) in [6.07, 6.45) is -2.10. The lowest BCUT2D eigenvalue weighted by Gasteiger charge is -2.01. The minimum absolute atomic E-state index is 0.0949. The standard InChI is InChI=1S/C5H5BrFN3O2/c1-10-3(2(7)5(11)12)4(6)8-9-10/h2H,1H3,(H,11,12). The first-order valence-electron chi connectivity index (χ1n) is 2.96. The van der Waals surface area contributed by atoms with Crippen LogP contribution in [0.1, 0.15) is 11.9 Å². The first-order chi connectivity index (χ1) is 5.54. The molecule has 0 radical (unpaired) electrons. The van der Waals surface area contributed by atoms with Crippen LogP contribution in [0.5, 0.6) is 0 Å². The van der Waals surface area contributed by atoms with Crippen molar-refractivity contribution in [3.05, 3.63) is 10.3 Å². The Balaban J connectivity index is 3.08. The highest BCUT2D eigenvalue weighted by atomic mass is 79.9. The molecule has 0 fully saturated rings. The first kappa shape index (κ1) is 9.11. The number of aliphatic carboxylic acids is 1. The van der Waals surface area contributed by atoms with Crippen molar-refractivity contribution < 1.29 is 14.3 Å². The number of carboxylic acid groups (broad SMARTS) is 1. The first-order valence-corrected chi connectivity index (χ1v) is 3.75. The van der Waals surface area contributed by atoms with Gasteiger partial charge in [0.05, 0.1) is 0 Å². The molecule has 0 saturated heterocycles. The van der Waals surface area contributed by atoms with Gasteiger partial charge in [0.2, 0.25) is 6.17 Å². The highest BCUT2D eigenvalue weighted by Crippen LogP contribution is 2.23. The molecule has 1 aromatic heterocycles. The van der Waals surface area contributed by atoms with Crippen molar-refractivity contribution >= 4 is 21.9 Å². The Labute approximate surface area is 75.3 Å². The van der Waals surface area contributed by atoms with E-state index in [1.54, 1.807) is 0 Å². The third-order valence-corrected chi connectivity index (χ3v) is 1.85. The van der Waals surface area contributed by atoms with Crippen molar-refractivity contribution in [3.63, 3.8) is 0 Å². The van der Waals surface area contributed by atoms with Crippen molar-refractivity contribution in [1.29, 1.82) is 0 Å². The fourth-order valence-electron chi connectivity index (χ4n) is 0.725. The van der Waals surface area contributed by atoms with E-state index in [4.69, 9.17) is 5.11 Å². The molecule has 5 nitrogen and oxygen atoms in total. The van der Waals surface area contributed by atoms with Crippen LogP contribution in [0.2, 0.25) is 0 Å². The Kier molecular flexibility index (Phi) is 2.41. The molecule has 0 aliphatic heterocycles. The minimum Gasteiger partial charge on any atom is -0.479 e. The van der Waals surface area contributed by atoms with Crippen molar-refractivity contribution in [2.24, 2.45) is 7.05 Å². The average molecular weight is 238 g/mol. The maximum Gasteiger partial charge on any atom is 0.344 e. The van der Waals surface area contributed by atoms with E-state index in [0.29, 0.717) is 0 Å². The molecule has 0 spiro atoms. The molecule has 1 unspecified atom stereocenters. The molecule has 1 rings (SSSR count). The zero-order valence-corrected chi connectivity index (χ0v) is 7.62. The second-order valence-electron chi connectivity index (χ2n) is 2.09. The van der Waals surface area contributed by atoms with E-state index in [1.165, 1.54) is 7.05 Å². The number of aryl methyl sites for hydroxylation is 1. The summed E-state index contributed by atoms with van der Waals surface area (Å²) in [5.41, 5.74) is -0.0949. The number of hydrogen-bond acceptors (Lipinski definition) is 3. The number of rotatable bonds is 2. The van der Waals surface area contributed by atoms with E-state index >= 15 is 0 Å². The molecule has 0 aliphatic carbocycles. The van der Waals surface area contributed by atoms with Gasteiger partial charge in [-0.1, -0.05) is 5.21 Å². The van der Waals surface area contributed by atoms with Gasteiger partial charge in [0.25, 0.3) is 0 Å². The van der Waals surface area contributed by atoms with Crippen LogP contribution in [-0.4, -0.2) is 26.1 Å². The fraction of sp³-hybridized carbons (Fsp3) is 0.400. The molecule has 1 N–H and O–H groups in total. The lowest BCUT2D eigenvalue weighted by atomic mass is 10.3. The summed E-state index contributed by atoms with van der Waals surface area (Å²) in [7, 11) is 1.42. The maximum absolute atomic E-state index is 12.9. The minimum atomic E-state index is -2.10. The monoisotopic (exact) mass is 237 g/mol. The van der Waals surface area contributed by atoms with E-state index in [1.807, 2.05) is 0 Å². The topological polar surface area (TPSA) is 68.0 Å². The summed E-state index contributed by atoms with van der Waals surface area (Å²) in [5.74, 6) is -1.55. The number of carboxylic acids is 1. The number of hydrogen-bond donors (Lipinski definition) is 1. The lowest BCUT2D eigenvalue weighted by Crippen LogP contribution is -2.11. The summed E-state index contributed by atoms with van der Waals surface area (Å²) in [5, 5.41) is 15.2. The van der Waals surface area contributed by atoms with Gasteiger partial charge in [-0.15, -0.1) is 5.10 Å². The Morgan fingerprint density at radius 2 is 2.42 bits per heavy atom. The smallest absolute Gasteiger partial charge is 0.344 e. The molecule has 0 aliphatic rings. The molecule has 1 heterocycles. The van der Waals surface area contributed by atoms with Gasteiger partial charge in [0.15, 0.2) is 4.60 Å². The molecule has 7 heteroatoms. The SMILES string of the molecule is Cn1nnc(Br)c1C(F)C(=O)O. The highest BCUT2D eigenvalue weighted by Gasteiger charge is 2.25. The van der Waals surface area contributed by atoms with E-state index in [-0.39, 0.29) is 10.3 Å². The Morgan fingerprint density at radius 3 is 2.75 bits per heavy atom. The third-order valence-electron chi connectivity index (χ3n) is 1.28. The molecule has 0 bridgehead atoms. The van der Waals surface area contributed by atoms with Gasteiger partial charge >= 0.3 is 5.97 Å². The second kappa shape index (κ2) is 3.18. The van der Waals surface area contributed by atoms with Gasteiger partial charge in [0.1, 0.15) is 5.69 Å². The van der Waals surface area contributed by atoms with Crippen LogP contribution in [-0.2, 0) is 11.8 Å². The van der Waals surface area contributed by atoms with Crippen LogP contribution in [0, 0.1) is 0 Å². The number of nitrogens with zero attached hydrogens (tertiary/aromatic N) is 3. The zero-order valence-electron chi connectivity index (χ0n) is 6.03. The molecule has 12 heavy (non-hydrogen) atoms. The van der Waals surface area contributed by atoms with Gasteiger partial charge in [-0.2, -0.15) is 0 Å². The number of carbonyl (C=O) groups is 1. The Bertz CT molecular complexity index is 294. The molecular formula is C5H5BrFN3O2. The summed E-state index contributed by atoms with van der Waals surface area (Å²) in [4.78, 5) is 10.2. The quantitative estimate of drug-likeness (QED) is 0.822. The fourth-order valence-corrected chi connectivity index (χ4v) is 1.25. The van der Waals surface area contributed by atoms with Gasteiger partial charge in [-0.05, 0) is 15.9 Å². The van der Waals surface area contributed by atoms with E-state index in [9.17, 15) is 9.18 Å². The van der Waals surface area contributed by atoms with Crippen molar-refractivity contribution in [2.75, 3.05) is 0 Å². The number of alkyl halides is 1. The zero-order chi connectivity index (χ0) is 9.30. The second-order valence-corrected chi connectivity index (χ2v) is 2.84. The van der Waals surface area contributed by atoms with Gasteiger partial charge in [0, 0.05) is 7.05 Å². The van der Waals surface area contributed by atoms with Crippen molar-refractivity contribution in [1.82, 2.24) is 15.0 Å². The average Bonchev–Trinajstić information content (AvgIpc) is 2.30. The Morgan fingerprint density at radius 1 is 1.83 bits per heavy atom. The van der Waals surface area contributed by atoms with Crippen LogP contribution in [0.25, 0.3) is 0 Å². The van der Waals surface area contributed by atoms with Gasteiger partial charge < -0.3 is 5.11 Å². The normalized spacial score (nSPS) is 12.9.